The van der Waals surface area contributed by atoms with Crippen LogP contribution in [-0.4, -0.2) is 9.78 Å². The van der Waals surface area contributed by atoms with Gasteiger partial charge in [0.1, 0.15) is 16.7 Å². The lowest BCUT2D eigenvalue weighted by Gasteiger charge is -2.11. The molecule has 3 aromatic rings. The molecule has 0 bridgehead atoms. The van der Waals surface area contributed by atoms with Crippen molar-refractivity contribution in [2.24, 2.45) is 0 Å². The standard InChI is InChI=1S/C18H11Cl2N3OS/c1-11-16(10-21)18(24)23(14-6-2-12(19)3-7-14)22-17(11)25-15-8-4-13(20)5-9-15/h2-9H,1H3. The lowest BCUT2D eigenvalue weighted by molar-refractivity contribution is 0.739. The molecule has 124 valence electrons. The van der Waals surface area contributed by atoms with Crippen LogP contribution >= 0.6 is 35.0 Å². The summed E-state index contributed by atoms with van der Waals surface area (Å²) in [5, 5.41) is 15.6. The van der Waals surface area contributed by atoms with Crippen LogP contribution in [0.25, 0.3) is 5.69 Å². The Hall–Kier alpha value is -2.26. The smallest absolute Gasteiger partial charge is 0.266 e. The van der Waals surface area contributed by atoms with E-state index in [0.717, 1.165) is 4.90 Å². The number of halogens is 2. The largest absolute Gasteiger partial charge is 0.289 e. The van der Waals surface area contributed by atoms with Gasteiger partial charge in [-0.25, -0.2) is 0 Å². The zero-order chi connectivity index (χ0) is 18.0. The fourth-order valence-corrected chi connectivity index (χ4v) is 3.31. The fourth-order valence-electron chi connectivity index (χ4n) is 2.18. The SMILES string of the molecule is Cc1c(Sc2ccc(Cl)cc2)nn(-c2ccc(Cl)cc2)c(=O)c1C#N. The van der Waals surface area contributed by atoms with Crippen LogP contribution in [0.3, 0.4) is 0 Å². The Morgan fingerprint density at radius 2 is 1.60 bits per heavy atom. The summed E-state index contributed by atoms with van der Waals surface area (Å²) >= 11 is 13.2. The quantitative estimate of drug-likeness (QED) is 0.642. The summed E-state index contributed by atoms with van der Waals surface area (Å²) in [5.41, 5.74) is 0.714. The normalized spacial score (nSPS) is 10.5. The maximum atomic E-state index is 12.6. The first-order chi connectivity index (χ1) is 12.0. The second-order valence-electron chi connectivity index (χ2n) is 5.17. The van der Waals surface area contributed by atoms with E-state index < -0.39 is 5.56 Å². The van der Waals surface area contributed by atoms with Crippen molar-refractivity contribution in [3.8, 4) is 11.8 Å². The molecule has 0 radical (unpaired) electrons. The van der Waals surface area contributed by atoms with E-state index in [1.807, 2.05) is 18.2 Å². The molecule has 0 saturated carbocycles. The average molecular weight is 388 g/mol. The molecule has 0 aliphatic carbocycles. The van der Waals surface area contributed by atoms with Crippen LogP contribution in [0.5, 0.6) is 0 Å². The Morgan fingerprint density at radius 3 is 2.16 bits per heavy atom. The van der Waals surface area contributed by atoms with E-state index in [1.165, 1.54) is 16.4 Å². The number of hydrogen-bond acceptors (Lipinski definition) is 4. The van der Waals surface area contributed by atoms with Gasteiger partial charge in [0.25, 0.3) is 5.56 Å². The Balaban J connectivity index is 2.14. The van der Waals surface area contributed by atoms with E-state index in [0.29, 0.717) is 26.3 Å². The zero-order valence-corrected chi connectivity index (χ0v) is 15.4. The highest BCUT2D eigenvalue weighted by Gasteiger charge is 2.16. The fraction of sp³-hybridized carbons (Fsp3) is 0.0556. The van der Waals surface area contributed by atoms with Gasteiger partial charge < -0.3 is 0 Å². The Kier molecular flexibility index (Phi) is 5.14. The predicted octanol–water partition coefficient (Wildman–Crippen LogP) is 4.87. The van der Waals surface area contributed by atoms with Crippen molar-refractivity contribution >= 4 is 35.0 Å². The third kappa shape index (κ3) is 3.72. The van der Waals surface area contributed by atoms with E-state index in [-0.39, 0.29) is 5.56 Å². The molecule has 0 spiro atoms. The highest BCUT2D eigenvalue weighted by atomic mass is 35.5. The molecule has 0 fully saturated rings. The first-order valence-corrected chi connectivity index (χ1v) is 8.80. The second kappa shape index (κ2) is 7.32. The maximum absolute atomic E-state index is 12.6. The molecule has 25 heavy (non-hydrogen) atoms. The molecule has 0 amide bonds. The van der Waals surface area contributed by atoms with Gasteiger partial charge in [0.05, 0.1) is 5.69 Å². The molecule has 0 atom stereocenters. The number of hydrogen-bond donors (Lipinski definition) is 0. The van der Waals surface area contributed by atoms with Gasteiger partial charge in [0.2, 0.25) is 0 Å². The van der Waals surface area contributed by atoms with E-state index in [1.54, 1.807) is 43.3 Å². The van der Waals surface area contributed by atoms with E-state index >= 15 is 0 Å². The zero-order valence-electron chi connectivity index (χ0n) is 13.0. The van der Waals surface area contributed by atoms with Crippen molar-refractivity contribution in [3.63, 3.8) is 0 Å². The Labute approximate surface area is 158 Å². The van der Waals surface area contributed by atoms with Crippen molar-refractivity contribution in [2.45, 2.75) is 16.8 Å². The lowest BCUT2D eigenvalue weighted by atomic mass is 10.2. The first-order valence-electron chi connectivity index (χ1n) is 7.23. The van der Waals surface area contributed by atoms with Crippen molar-refractivity contribution < 1.29 is 0 Å². The summed E-state index contributed by atoms with van der Waals surface area (Å²) in [6, 6.07) is 16.0. The lowest BCUT2D eigenvalue weighted by Crippen LogP contribution is -2.25. The molecule has 7 heteroatoms. The molecular weight excluding hydrogens is 377 g/mol. The van der Waals surface area contributed by atoms with Gasteiger partial charge >= 0.3 is 0 Å². The molecule has 0 N–H and O–H groups in total. The van der Waals surface area contributed by atoms with Gasteiger partial charge in [-0.3, -0.25) is 4.79 Å². The molecular formula is C18H11Cl2N3OS. The van der Waals surface area contributed by atoms with Gasteiger partial charge in [0, 0.05) is 20.5 Å². The molecule has 1 aromatic heterocycles. The number of benzene rings is 2. The van der Waals surface area contributed by atoms with Crippen LogP contribution in [0.1, 0.15) is 11.1 Å². The monoisotopic (exact) mass is 387 g/mol. The summed E-state index contributed by atoms with van der Waals surface area (Å²) in [6.45, 7) is 1.72. The molecule has 0 unspecified atom stereocenters. The van der Waals surface area contributed by atoms with Crippen LogP contribution in [0.2, 0.25) is 10.0 Å². The molecule has 2 aromatic carbocycles. The first kappa shape index (κ1) is 17.6. The van der Waals surface area contributed by atoms with E-state index in [4.69, 9.17) is 23.2 Å². The number of nitriles is 1. The Bertz CT molecular complexity index is 1020. The predicted molar refractivity (Wildman–Crippen MR) is 99.9 cm³/mol. The van der Waals surface area contributed by atoms with Crippen LogP contribution < -0.4 is 5.56 Å². The van der Waals surface area contributed by atoms with Gasteiger partial charge in [-0.2, -0.15) is 15.0 Å². The van der Waals surface area contributed by atoms with Gasteiger partial charge in [-0.1, -0.05) is 35.0 Å². The van der Waals surface area contributed by atoms with E-state index in [2.05, 4.69) is 5.10 Å². The molecule has 4 nitrogen and oxygen atoms in total. The number of rotatable bonds is 3. The van der Waals surface area contributed by atoms with Crippen molar-refractivity contribution in [1.29, 1.82) is 5.26 Å². The van der Waals surface area contributed by atoms with Crippen LogP contribution in [0.4, 0.5) is 0 Å². The number of aromatic nitrogens is 2. The summed E-state index contributed by atoms with van der Waals surface area (Å²) in [7, 11) is 0. The summed E-state index contributed by atoms with van der Waals surface area (Å²) < 4.78 is 1.22. The summed E-state index contributed by atoms with van der Waals surface area (Å²) in [6.07, 6.45) is 0. The third-order valence-corrected chi connectivity index (χ3v) is 5.10. The van der Waals surface area contributed by atoms with Crippen LogP contribution in [-0.2, 0) is 0 Å². The third-order valence-electron chi connectivity index (χ3n) is 3.50. The van der Waals surface area contributed by atoms with Crippen LogP contribution in [0.15, 0.2) is 63.2 Å². The number of nitrogens with zero attached hydrogens (tertiary/aromatic N) is 3. The molecule has 0 saturated heterocycles. The minimum atomic E-state index is -0.456. The van der Waals surface area contributed by atoms with Gasteiger partial charge in [0.15, 0.2) is 0 Å². The Morgan fingerprint density at radius 1 is 1.04 bits per heavy atom. The topological polar surface area (TPSA) is 58.7 Å². The van der Waals surface area contributed by atoms with Gasteiger partial charge in [-0.15, -0.1) is 0 Å². The van der Waals surface area contributed by atoms with E-state index in [9.17, 15) is 10.1 Å². The van der Waals surface area contributed by atoms with Crippen molar-refractivity contribution in [2.75, 3.05) is 0 Å². The van der Waals surface area contributed by atoms with Crippen molar-refractivity contribution in [3.05, 3.63) is 80.1 Å². The van der Waals surface area contributed by atoms with Gasteiger partial charge in [-0.05, 0) is 55.5 Å². The summed E-state index contributed by atoms with van der Waals surface area (Å²) in [4.78, 5) is 13.5. The minimum absolute atomic E-state index is 0.0708. The van der Waals surface area contributed by atoms with Crippen LogP contribution in [0, 0.1) is 18.3 Å². The maximum Gasteiger partial charge on any atom is 0.289 e. The summed E-state index contributed by atoms with van der Waals surface area (Å²) in [5.74, 6) is 0. The molecule has 0 aliphatic heterocycles. The van der Waals surface area contributed by atoms with Crippen molar-refractivity contribution in [1.82, 2.24) is 9.78 Å². The average Bonchev–Trinajstić information content (AvgIpc) is 2.61. The highest BCUT2D eigenvalue weighted by Crippen LogP contribution is 2.30. The molecule has 0 aliphatic rings. The molecule has 3 rings (SSSR count). The highest BCUT2D eigenvalue weighted by molar-refractivity contribution is 7.99. The minimum Gasteiger partial charge on any atom is -0.266 e. The second-order valence-corrected chi connectivity index (χ2v) is 7.10. The molecule has 1 heterocycles.